The number of carbonyl (C=O) groups is 1. The van der Waals surface area contributed by atoms with Gasteiger partial charge in [-0.25, -0.2) is 0 Å². The van der Waals surface area contributed by atoms with Crippen molar-refractivity contribution in [2.75, 3.05) is 0 Å². The lowest BCUT2D eigenvalue weighted by Gasteiger charge is -2.10. The third-order valence-electron chi connectivity index (χ3n) is 2.39. The van der Waals surface area contributed by atoms with Crippen molar-refractivity contribution in [2.24, 2.45) is 0 Å². The summed E-state index contributed by atoms with van der Waals surface area (Å²) < 4.78 is 0.674. The van der Waals surface area contributed by atoms with Gasteiger partial charge in [-0.2, -0.15) is 0 Å². The van der Waals surface area contributed by atoms with Gasteiger partial charge in [0.15, 0.2) is 5.78 Å². The summed E-state index contributed by atoms with van der Waals surface area (Å²) in [6.45, 7) is 0. The van der Waals surface area contributed by atoms with Crippen molar-refractivity contribution in [2.45, 2.75) is 6.10 Å². The van der Waals surface area contributed by atoms with Gasteiger partial charge in [-0.3, -0.25) is 9.78 Å². The monoisotopic (exact) mass is 291 g/mol. The first kappa shape index (κ1) is 12.0. The van der Waals surface area contributed by atoms with Crippen molar-refractivity contribution >= 4 is 21.7 Å². The molecular formula is C13H10BrNO2. The molecule has 1 atom stereocenters. The quantitative estimate of drug-likeness (QED) is 0.885. The molecule has 0 saturated carbocycles. The number of hydrogen-bond acceptors (Lipinski definition) is 3. The van der Waals surface area contributed by atoms with Gasteiger partial charge in [0, 0.05) is 28.0 Å². The molecule has 0 radical (unpaired) electrons. The fourth-order valence-corrected chi connectivity index (χ4v) is 1.98. The molecule has 0 aliphatic heterocycles. The van der Waals surface area contributed by atoms with Crippen LogP contribution in [0, 0.1) is 0 Å². The molecular weight excluding hydrogens is 282 g/mol. The molecule has 0 bridgehead atoms. The van der Waals surface area contributed by atoms with Crippen LogP contribution in [-0.2, 0) is 0 Å². The molecule has 2 rings (SSSR count). The molecule has 1 unspecified atom stereocenters. The molecule has 2 aromatic rings. The zero-order chi connectivity index (χ0) is 12.3. The van der Waals surface area contributed by atoms with E-state index in [2.05, 4.69) is 20.9 Å². The van der Waals surface area contributed by atoms with Crippen molar-refractivity contribution in [1.82, 2.24) is 4.98 Å². The molecule has 0 aliphatic rings. The van der Waals surface area contributed by atoms with E-state index in [-0.39, 0.29) is 5.78 Å². The SMILES string of the molecule is O=C(c1ccccc1Br)C(O)c1cccnc1. The largest absolute Gasteiger partial charge is 0.380 e. The summed E-state index contributed by atoms with van der Waals surface area (Å²) in [7, 11) is 0. The highest BCUT2D eigenvalue weighted by molar-refractivity contribution is 9.10. The number of rotatable bonds is 3. The molecule has 3 nitrogen and oxygen atoms in total. The van der Waals surface area contributed by atoms with Crippen LogP contribution in [0.2, 0.25) is 0 Å². The number of ketones is 1. The highest BCUT2D eigenvalue weighted by atomic mass is 79.9. The van der Waals surface area contributed by atoms with Gasteiger partial charge in [0.25, 0.3) is 0 Å². The van der Waals surface area contributed by atoms with Gasteiger partial charge >= 0.3 is 0 Å². The van der Waals surface area contributed by atoms with Crippen LogP contribution in [0.4, 0.5) is 0 Å². The highest BCUT2D eigenvalue weighted by Crippen LogP contribution is 2.23. The van der Waals surface area contributed by atoms with Gasteiger partial charge in [-0.1, -0.05) is 40.2 Å². The van der Waals surface area contributed by atoms with E-state index >= 15 is 0 Å². The summed E-state index contributed by atoms with van der Waals surface area (Å²) in [5.74, 6) is -0.342. The van der Waals surface area contributed by atoms with Crippen LogP contribution in [0.25, 0.3) is 0 Å². The Labute approximate surface area is 107 Å². The lowest BCUT2D eigenvalue weighted by Crippen LogP contribution is -2.13. The summed E-state index contributed by atoms with van der Waals surface area (Å²) >= 11 is 3.29. The second kappa shape index (κ2) is 5.21. The minimum Gasteiger partial charge on any atom is -0.380 e. The van der Waals surface area contributed by atoms with Crippen LogP contribution in [0.3, 0.4) is 0 Å². The van der Waals surface area contributed by atoms with Crippen LogP contribution >= 0.6 is 15.9 Å². The van der Waals surface area contributed by atoms with Crippen molar-refractivity contribution in [3.63, 3.8) is 0 Å². The van der Waals surface area contributed by atoms with E-state index in [4.69, 9.17) is 0 Å². The van der Waals surface area contributed by atoms with E-state index < -0.39 is 6.10 Å². The Balaban J connectivity index is 2.30. The van der Waals surface area contributed by atoms with Gasteiger partial charge < -0.3 is 5.11 Å². The molecule has 17 heavy (non-hydrogen) atoms. The Morgan fingerprint density at radius 1 is 1.24 bits per heavy atom. The third-order valence-corrected chi connectivity index (χ3v) is 3.08. The molecule has 1 aromatic carbocycles. The molecule has 0 aliphatic carbocycles. The number of aliphatic hydroxyl groups is 1. The van der Waals surface area contributed by atoms with E-state index in [9.17, 15) is 9.90 Å². The van der Waals surface area contributed by atoms with Gasteiger partial charge in [0.05, 0.1) is 0 Å². The molecule has 0 saturated heterocycles. The summed E-state index contributed by atoms with van der Waals surface area (Å²) in [6.07, 6.45) is 1.90. The van der Waals surface area contributed by atoms with Gasteiger partial charge in [0.1, 0.15) is 6.10 Å². The minimum absolute atomic E-state index is 0.342. The average Bonchev–Trinajstić information content (AvgIpc) is 2.39. The van der Waals surface area contributed by atoms with Crippen LogP contribution in [0.1, 0.15) is 22.0 Å². The number of pyridine rings is 1. The Kier molecular flexibility index (Phi) is 3.66. The number of carbonyl (C=O) groups excluding carboxylic acids is 1. The Hall–Kier alpha value is -1.52. The number of benzene rings is 1. The maximum absolute atomic E-state index is 12.1. The summed E-state index contributed by atoms with van der Waals surface area (Å²) in [5.41, 5.74) is 0.956. The number of nitrogens with zero attached hydrogens (tertiary/aromatic N) is 1. The molecule has 0 spiro atoms. The van der Waals surface area contributed by atoms with Crippen LogP contribution in [0.15, 0.2) is 53.3 Å². The standard InChI is InChI=1S/C13H10BrNO2/c14-11-6-2-1-5-10(11)13(17)12(16)9-4-3-7-15-8-9/h1-8,12,16H. The molecule has 1 aromatic heterocycles. The molecule has 4 heteroatoms. The van der Waals surface area contributed by atoms with Crippen molar-refractivity contribution in [3.05, 3.63) is 64.4 Å². The summed E-state index contributed by atoms with van der Waals surface area (Å²) in [6, 6.07) is 10.4. The summed E-state index contributed by atoms with van der Waals surface area (Å²) in [5, 5.41) is 9.96. The first-order valence-corrected chi connectivity index (χ1v) is 5.86. The predicted molar refractivity (Wildman–Crippen MR) is 67.7 cm³/mol. The smallest absolute Gasteiger partial charge is 0.197 e. The summed E-state index contributed by atoms with van der Waals surface area (Å²) in [4.78, 5) is 15.9. The molecule has 1 heterocycles. The number of Topliss-reactive ketones (excluding diaryl/α,β-unsaturated/α-hetero) is 1. The molecule has 0 amide bonds. The normalized spacial score (nSPS) is 12.1. The van der Waals surface area contributed by atoms with Crippen molar-refractivity contribution in [1.29, 1.82) is 0 Å². The van der Waals surface area contributed by atoms with Gasteiger partial charge in [-0.15, -0.1) is 0 Å². The van der Waals surface area contributed by atoms with E-state index in [0.29, 0.717) is 15.6 Å². The predicted octanol–water partition coefficient (Wildman–Crippen LogP) is 2.76. The van der Waals surface area contributed by atoms with E-state index in [0.717, 1.165) is 0 Å². The molecule has 86 valence electrons. The number of aromatic nitrogens is 1. The average molecular weight is 292 g/mol. The van der Waals surface area contributed by atoms with Gasteiger partial charge in [-0.05, 0) is 12.1 Å². The van der Waals surface area contributed by atoms with E-state index in [1.54, 1.807) is 36.5 Å². The Bertz CT molecular complexity index is 528. The van der Waals surface area contributed by atoms with Gasteiger partial charge in [0.2, 0.25) is 0 Å². The zero-order valence-corrected chi connectivity index (χ0v) is 10.5. The Morgan fingerprint density at radius 2 is 2.00 bits per heavy atom. The number of aliphatic hydroxyl groups excluding tert-OH is 1. The number of hydrogen-bond donors (Lipinski definition) is 1. The maximum Gasteiger partial charge on any atom is 0.197 e. The maximum atomic E-state index is 12.1. The minimum atomic E-state index is -1.18. The topological polar surface area (TPSA) is 50.2 Å². The fourth-order valence-electron chi connectivity index (χ4n) is 1.50. The van der Waals surface area contributed by atoms with Crippen LogP contribution in [-0.4, -0.2) is 15.9 Å². The fraction of sp³-hybridized carbons (Fsp3) is 0.0769. The van der Waals surface area contributed by atoms with Crippen LogP contribution < -0.4 is 0 Å². The second-order valence-electron chi connectivity index (χ2n) is 3.53. The lowest BCUT2D eigenvalue weighted by atomic mass is 10.0. The van der Waals surface area contributed by atoms with E-state index in [1.165, 1.54) is 6.20 Å². The number of halogens is 1. The third kappa shape index (κ3) is 2.60. The lowest BCUT2D eigenvalue weighted by molar-refractivity contribution is 0.0746. The second-order valence-corrected chi connectivity index (χ2v) is 4.39. The first-order valence-electron chi connectivity index (χ1n) is 5.07. The molecule has 1 N–H and O–H groups in total. The van der Waals surface area contributed by atoms with Crippen molar-refractivity contribution < 1.29 is 9.90 Å². The zero-order valence-electron chi connectivity index (χ0n) is 8.88. The van der Waals surface area contributed by atoms with Crippen LogP contribution in [0.5, 0.6) is 0 Å². The van der Waals surface area contributed by atoms with Crippen molar-refractivity contribution in [3.8, 4) is 0 Å². The molecule has 0 fully saturated rings. The Morgan fingerprint density at radius 3 is 2.65 bits per heavy atom. The highest BCUT2D eigenvalue weighted by Gasteiger charge is 2.20. The first-order chi connectivity index (χ1) is 8.20. The van der Waals surface area contributed by atoms with E-state index in [1.807, 2.05) is 6.07 Å².